The minimum atomic E-state index is -0.505. The summed E-state index contributed by atoms with van der Waals surface area (Å²) >= 11 is 1.85. The van der Waals surface area contributed by atoms with Crippen LogP contribution in [0.2, 0.25) is 0 Å². The van der Waals surface area contributed by atoms with Gasteiger partial charge in [-0.15, -0.1) is 11.3 Å². The van der Waals surface area contributed by atoms with Crippen molar-refractivity contribution < 1.29 is 4.42 Å². The van der Waals surface area contributed by atoms with Crippen LogP contribution in [0.1, 0.15) is 22.3 Å². The first-order chi connectivity index (χ1) is 25.8. The fraction of sp³-hybridized carbons (Fsp3) is 0.0204. The zero-order chi connectivity index (χ0) is 34.2. The Balaban J connectivity index is 1.26. The second-order valence-corrected chi connectivity index (χ2v) is 14.7. The first-order valence-corrected chi connectivity index (χ1v) is 18.6. The number of thiophene rings is 1. The maximum atomic E-state index is 6.90. The molecule has 10 aromatic rings. The topological polar surface area (TPSA) is 16.4 Å². The normalized spacial score (nSPS) is 13.2. The van der Waals surface area contributed by atoms with Gasteiger partial charge in [0.1, 0.15) is 5.58 Å². The summed E-state index contributed by atoms with van der Waals surface area (Å²) in [6.07, 6.45) is 0. The third-order valence-electron chi connectivity index (χ3n) is 10.9. The Bertz CT molecular complexity index is 2920. The number of hydrogen-bond donors (Lipinski definition) is 0. The van der Waals surface area contributed by atoms with Gasteiger partial charge in [0.05, 0.1) is 11.1 Å². The van der Waals surface area contributed by atoms with E-state index in [2.05, 4.69) is 193 Å². The molecule has 0 aliphatic heterocycles. The zero-order valence-corrected chi connectivity index (χ0v) is 29.0. The van der Waals surface area contributed by atoms with Gasteiger partial charge in [-0.3, -0.25) is 0 Å². The van der Waals surface area contributed by atoms with Crippen LogP contribution < -0.4 is 4.90 Å². The third-order valence-corrected chi connectivity index (χ3v) is 12.1. The fourth-order valence-corrected chi connectivity index (χ4v) is 10.0. The summed E-state index contributed by atoms with van der Waals surface area (Å²) < 4.78 is 9.43. The Kier molecular flexibility index (Phi) is 6.37. The molecular weight excluding hydrogens is 651 g/mol. The van der Waals surface area contributed by atoms with Gasteiger partial charge in [-0.1, -0.05) is 146 Å². The van der Waals surface area contributed by atoms with E-state index < -0.39 is 5.41 Å². The van der Waals surface area contributed by atoms with Gasteiger partial charge in [-0.2, -0.15) is 0 Å². The van der Waals surface area contributed by atoms with E-state index in [0.29, 0.717) is 0 Å². The number of para-hydroxylation sites is 2. The SMILES string of the molecule is c1ccc(N(c2ccc3c(c2)C(c2ccccc2)(c2ccccc2)c2ccccc2-3)c2cc3c4ccccc4sc3c3c2oc2ccccc23)cc1. The number of hydrogen-bond acceptors (Lipinski definition) is 3. The number of furan rings is 1. The molecule has 0 fully saturated rings. The summed E-state index contributed by atoms with van der Waals surface area (Å²) in [5.41, 5.74) is 12.1. The molecule has 2 nitrogen and oxygen atoms in total. The van der Waals surface area contributed by atoms with Crippen LogP contribution in [-0.4, -0.2) is 0 Å². The maximum Gasteiger partial charge on any atom is 0.160 e. The van der Waals surface area contributed by atoms with Crippen molar-refractivity contribution in [3.8, 4) is 11.1 Å². The summed E-state index contributed by atoms with van der Waals surface area (Å²) in [5.74, 6) is 0. The van der Waals surface area contributed by atoms with Gasteiger partial charge in [-0.25, -0.2) is 0 Å². The summed E-state index contributed by atoms with van der Waals surface area (Å²) in [4.78, 5) is 2.40. The molecule has 0 bridgehead atoms. The van der Waals surface area contributed by atoms with Gasteiger partial charge in [-0.05, 0) is 75.8 Å². The number of anilines is 3. The molecule has 2 aromatic heterocycles. The molecule has 0 atom stereocenters. The highest BCUT2D eigenvalue weighted by Gasteiger charge is 2.46. The van der Waals surface area contributed by atoms with Crippen molar-refractivity contribution in [2.45, 2.75) is 5.41 Å². The summed E-state index contributed by atoms with van der Waals surface area (Å²) in [6.45, 7) is 0. The first kappa shape index (κ1) is 29.3. The van der Waals surface area contributed by atoms with E-state index in [0.717, 1.165) is 33.6 Å². The second-order valence-electron chi connectivity index (χ2n) is 13.6. The van der Waals surface area contributed by atoms with Crippen LogP contribution in [0.15, 0.2) is 192 Å². The van der Waals surface area contributed by atoms with Crippen LogP contribution in [0.4, 0.5) is 17.1 Å². The van der Waals surface area contributed by atoms with Crippen molar-refractivity contribution >= 4 is 70.5 Å². The predicted octanol–water partition coefficient (Wildman–Crippen LogP) is 13.8. The predicted molar refractivity (Wildman–Crippen MR) is 219 cm³/mol. The van der Waals surface area contributed by atoms with E-state index in [4.69, 9.17) is 4.42 Å². The Morgan fingerprint density at radius 3 is 1.85 bits per heavy atom. The van der Waals surface area contributed by atoms with Crippen LogP contribution in [0.5, 0.6) is 0 Å². The molecular formula is C49H31NOS. The third kappa shape index (κ3) is 4.06. The van der Waals surface area contributed by atoms with E-state index >= 15 is 0 Å². The molecule has 3 heteroatoms. The monoisotopic (exact) mass is 681 g/mol. The lowest BCUT2D eigenvalue weighted by Crippen LogP contribution is -2.28. The quantitative estimate of drug-likeness (QED) is 0.180. The Labute approximate surface area is 305 Å². The number of rotatable bonds is 5. The Morgan fingerprint density at radius 2 is 1.08 bits per heavy atom. The standard InChI is InChI=1S/C49H31NOS/c1-4-16-32(17-5-1)49(33-18-6-2-7-19-33)41-25-13-10-22-36(41)37-29-28-35(30-42(37)49)50(34-20-8-3-9-21-34)43-31-40-38-23-12-15-27-45(38)52-48(40)46-39-24-11-14-26-44(39)51-47(43)46/h1-31H. The molecule has 1 aliphatic rings. The highest BCUT2D eigenvalue weighted by atomic mass is 32.1. The smallest absolute Gasteiger partial charge is 0.160 e. The van der Waals surface area contributed by atoms with Crippen molar-refractivity contribution in [2.75, 3.05) is 4.90 Å². The molecule has 0 saturated carbocycles. The minimum absolute atomic E-state index is 0.505. The van der Waals surface area contributed by atoms with Gasteiger partial charge >= 0.3 is 0 Å². The van der Waals surface area contributed by atoms with Gasteiger partial charge in [0.15, 0.2) is 5.58 Å². The van der Waals surface area contributed by atoms with E-state index in [1.165, 1.54) is 58.9 Å². The first-order valence-electron chi connectivity index (χ1n) is 17.8. The Morgan fingerprint density at radius 1 is 0.462 bits per heavy atom. The molecule has 0 spiro atoms. The average molecular weight is 682 g/mol. The lowest BCUT2D eigenvalue weighted by atomic mass is 9.67. The largest absolute Gasteiger partial charge is 0.454 e. The Hall–Kier alpha value is -6.42. The minimum Gasteiger partial charge on any atom is -0.454 e. The molecule has 1 aliphatic carbocycles. The van der Waals surface area contributed by atoms with Gasteiger partial charge in [0.25, 0.3) is 0 Å². The van der Waals surface area contributed by atoms with Crippen molar-refractivity contribution in [1.29, 1.82) is 0 Å². The zero-order valence-electron chi connectivity index (χ0n) is 28.2. The van der Waals surface area contributed by atoms with Crippen LogP contribution >= 0.6 is 11.3 Å². The second kappa shape index (κ2) is 11.3. The molecule has 0 N–H and O–H groups in total. The maximum absolute atomic E-state index is 6.90. The van der Waals surface area contributed by atoms with Crippen LogP contribution in [0.25, 0.3) is 53.2 Å². The van der Waals surface area contributed by atoms with Crippen molar-refractivity contribution in [3.05, 3.63) is 210 Å². The highest BCUT2D eigenvalue weighted by molar-refractivity contribution is 7.26. The van der Waals surface area contributed by atoms with Gasteiger partial charge in [0, 0.05) is 42.3 Å². The highest BCUT2D eigenvalue weighted by Crippen LogP contribution is 2.58. The fourth-order valence-electron chi connectivity index (χ4n) is 8.79. The van der Waals surface area contributed by atoms with Crippen molar-refractivity contribution in [2.24, 2.45) is 0 Å². The number of nitrogens with zero attached hydrogens (tertiary/aromatic N) is 1. The van der Waals surface area contributed by atoms with E-state index in [9.17, 15) is 0 Å². The van der Waals surface area contributed by atoms with Crippen molar-refractivity contribution in [1.82, 2.24) is 0 Å². The molecule has 244 valence electrons. The molecule has 0 radical (unpaired) electrons. The van der Waals surface area contributed by atoms with Gasteiger partial charge in [0.2, 0.25) is 0 Å². The molecule has 8 aromatic carbocycles. The van der Waals surface area contributed by atoms with Crippen LogP contribution in [0.3, 0.4) is 0 Å². The average Bonchev–Trinajstić information content (AvgIpc) is 3.88. The van der Waals surface area contributed by atoms with E-state index in [1.54, 1.807) is 0 Å². The number of fused-ring (bicyclic) bond motifs is 10. The summed E-state index contributed by atoms with van der Waals surface area (Å²) in [6, 6.07) is 68.4. The summed E-state index contributed by atoms with van der Waals surface area (Å²) in [7, 11) is 0. The van der Waals surface area contributed by atoms with Crippen LogP contribution in [-0.2, 0) is 5.41 Å². The lowest BCUT2D eigenvalue weighted by Gasteiger charge is -2.35. The lowest BCUT2D eigenvalue weighted by molar-refractivity contribution is 0.669. The van der Waals surface area contributed by atoms with E-state index in [1.807, 2.05) is 11.3 Å². The molecule has 0 amide bonds. The van der Waals surface area contributed by atoms with Crippen LogP contribution in [0, 0.1) is 0 Å². The number of benzene rings is 8. The van der Waals surface area contributed by atoms with Crippen molar-refractivity contribution in [3.63, 3.8) is 0 Å². The summed E-state index contributed by atoms with van der Waals surface area (Å²) in [5, 5.41) is 4.81. The molecule has 0 unspecified atom stereocenters. The molecule has 2 heterocycles. The molecule has 52 heavy (non-hydrogen) atoms. The molecule has 11 rings (SSSR count). The van der Waals surface area contributed by atoms with Gasteiger partial charge < -0.3 is 9.32 Å². The molecule has 0 saturated heterocycles. The van der Waals surface area contributed by atoms with E-state index in [-0.39, 0.29) is 0 Å².